The Labute approximate surface area is 146 Å². The summed E-state index contributed by atoms with van der Waals surface area (Å²) in [6.07, 6.45) is 2.00. The van der Waals surface area contributed by atoms with Gasteiger partial charge in [-0.2, -0.15) is 0 Å². The third-order valence-electron chi connectivity index (χ3n) is 3.47. The lowest BCUT2D eigenvalue weighted by Gasteiger charge is -2.05. The van der Waals surface area contributed by atoms with Crippen LogP contribution in [0.5, 0.6) is 0 Å². The molecule has 0 bridgehead atoms. The molecule has 1 aromatic heterocycles. The Bertz CT molecular complexity index is 668. The predicted molar refractivity (Wildman–Crippen MR) is 97.3 cm³/mol. The van der Waals surface area contributed by atoms with Gasteiger partial charge in [0.05, 0.1) is 0 Å². The molecule has 1 heterocycles. The third kappa shape index (κ3) is 6.12. The zero-order chi connectivity index (χ0) is 17.4. The first-order valence-corrected chi connectivity index (χ1v) is 9.00. The number of nitrogens with one attached hydrogen (secondary N) is 2. The van der Waals surface area contributed by atoms with Crippen LogP contribution in [0.25, 0.3) is 0 Å². The van der Waals surface area contributed by atoms with Gasteiger partial charge in [0, 0.05) is 18.3 Å². The van der Waals surface area contributed by atoms with Gasteiger partial charge in [0.25, 0.3) is 5.91 Å². The highest BCUT2D eigenvalue weighted by Crippen LogP contribution is 2.16. The number of carbonyl (C=O) groups is 2. The molecule has 0 aliphatic carbocycles. The van der Waals surface area contributed by atoms with E-state index in [0.717, 1.165) is 12.0 Å². The molecule has 0 radical (unpaired) electrons. The second-order valence-electron chi connectivity index (χ2n) is 6.01. The van der Waals surface area contributed by atoms with Crippen molar-refractivity contribution in [3.63, 3.8) is 0 Å². The van der Waals surface area contributed by atoms with Gasteiger partial charge >= 0.3 is 0 Å². The van der Waals surface area contributed by atoms with E-state index in [2.05, 4.69) is 29.5 Å². The van der Waals surface area contributed by atoms with Crippen LogP contribution in [-0.2, 0) is 11.2 Å². The molecular weight excluding hydrogens is 322 g/mol. The summed E-state index contributed by atoms with van der Waals surface area (Å²) in [5.41, 5.74) is 1.47. The second-order valence-corrected chi connectivity index (χ2v) is 6.87. The quantitative estimate of drug-likeness (QED) is 0.769. The van der Waals surface area contributed by atoms with E-state index < -0.39 is 0 Å². The van der Waals surface area contributed by atoms with Crippen LogP contribution in [0.15, 0.2) is 35.7 Å². The summed E-state index contributed by atoms with van der Waals surface area (Å²) in [6, 6.07) is 9.86. The second kappa shape index (κ2) is 9.17. The van der Waals surface area contributed by atoms with Crippen LogP contribution in [0.3, 0.4) is 0 Å². The Kier molecular flexibility index (Phi) is 6.93. The van der Waals surface area contributed by atoms with Crippen molar-refractivity contribution < 1.29 is 9.59 Å². The third-order valence-corrected chi connectivity index (χ3v) is 4.23. The molecular formula is C18H23N3O2S. The van der Waals surface area contributed by atoms with Gasteiger partial charge in [0.2, 0.25) is 5.91 Å². The number of hydrogen-bond donors (Lipinski definition) is 2. The van der Waals surface area contributed by atoms with Gasteiger partial charge in [0.1, 0.15) is 5.69 Å². The first kappa shape index (κ1) is 18.1. The van der Waals surface area contributed by atoms with Gasteiger partial charge in [-0.05, 0) is 24.3 Å². The monoisotopic (exact) mass is 345 g/mol. The molecule has 2 N–H and O–H groups in total. The fourth-order valence-electron chi connectivity index (χ4n) is 2.08. The van der Waals surface area contributed by atoms with Crippen molar-refractivity contribution in [2.75, 3.05) is 11.9 Å². The number of anilines is 1. The fourth-order valence-corrected chi connectivity index (χ4v) is 2.79. The Morgan fingerprint density at radius 2 is 1.96 bits per heavy atom. The maximum absolute atomic E-state index is 12.0. The highest BCUT2D eigenvalue weighted by Gasteiger charge is 2.12. The largest absolute Gasteiger partial charge is 0.351 e. The molecule has 0 fully saturated rings. The lowest BCUT2D eigenvalue weighted by molar-refractivity contribution is -0.116. The Morgan fingerprint density at radius 1 is 1.21 bits per heavy atom. The molecule has 0 aliphatic rings. The van der Waals surface area contributed by atoms with Crippen molar-refractivity contribution in [2.45, 2.75) is 33.1 Å². The van der Waals surface area contributed by atoms with Crippen molar-refractivity contribution in [1.29, 1.82) is 0 Å². The topological polar surface area (TPSA) is 71.1 Å². The summed E-state index contributed by atoms with van der Waals surface area (Å²) < 4.78 is 0. The summed E-state index contributed by atoms with van der Waals surface area (Å²) in [7, 11) is 0. The van der Waals surface area contributed by atoms with Crippen molar-refractivity contribution in [3.05, 3.63) is 47.0 Å². The molecule has 1 aromatic carbocycles. The van der Waals surface area contributed by atoms with Crippen LogP contribution in [0, 0.1) is 5.92 Å². The van der Waals surface area contributed by atoms with E-state index in [9.17, 15) is 9.59 Å². The van der Waals surface area contributed by atoms with Gasteiger partial charge in [-0.3, -0.25) is 9.59 Å². The van der Waals surface area contributed by atoms with Gasteiger partial charge < -0.3 is 10.6 Å². The minimum absolute atomic E-state index is 0.0973. The first-order valence-electron chi connectivity index (χ1n) is 8.12. The molecule has 0 aliphatic heterocycles. The molecule has 0 unspecified atom stereocenters. The molecule has 2 rings (SSSR count). The Morgan fingerprint density at radius 3 is 2.67 bits per heavy atom. The predicted octanol–water partition coefficient (Wildman–Crippen LogP) is 3.49. The lowest BCUT2D eigenvalue weighted by Crippen LogP contribution is -2.25. The zero-order valence-corrected chi connectivity index (χ0v) is 14.9. The van der Waals surface area contributed by atoms with E-state index in [4.69, 9.17) is 0 Å². The number of nitrogens with zero attached hydrogens (tertiary/aromatic N) is 1. The highest BCUT2D eigenvalue weighted by molar-refractivity contribution is 7.14. The fraction of sp³-hybridized carbons (Fsp3) is 0.389. The molecule has 24 heavy (non-hydrogen) atoms. The molecule has 128 valence electrons. The average Bonchev–Trinajstić information content (AvgIpc) is 3.02. The van der Waals surface area contributed by atoms with Crippen molar-refractivity contribution in [3.8, 4) is 0 Å². The van der Waals surface area contributed by atoms with Crippen LogP contribution in [0.1, 0.15) is 42.7 Å². The number of benzene rings is 1. The number of carbonyl (C=O) groups excluding carboxylic acids is 2. The maximum atomic E-state index is 12.0. The number of aryl methyl sites for hydroxylation is 1. The maximum Gasteiger partial charge on any atom is 0.270 e. The van der Waals surface area contributed by atoms with E-state index in [0.29, 0.717) is 36.1 Å². The number of thiazole rings is 1. The van der Waals surface area contributed by atoms with E-state index in [1.165, 1.54) is 11.3 Å². The summed E-state index contributed by atoms with van der Waals surface area (Å²) in [5, 5.41) is 7.71. The summed E-state index contributed by atoms with van der Waals surface area (Å²) in [5.74, 6) is 0.247. The van der Waals surface area contributed by atoms with Crippen molar-refractivity contribution in [1.82, 2.24) is 10.3 Å². The smallest absolute Gasteiger partial charge is 0.270 e. The molecule has 5 nitrogen and oxygen atoms in total. The Hall–Kier alpha value is -2.21. The first-order chi connectivity index (χ1) is 11.5. The summed E-state index contributed by atoms with van der Waals surface area (Å²) in [4.78, 5) is 28.1. The number of rotatable bonds is 8. The van der Waals surface area contributed by atoms with Crippen LogP contribution in [-0.4, -0.2) is 23.3 Å². The van der Waals surface area contributed by atoms with Gasteiger partial charge in [0.15, 0.2) is 5.13 Å². The van der Waals surface area contributed by atoms with Crippen LogP contribution in [0.2, 0.25) is 0 Å². The van der Waals surface area contributed by atoms with Crippen LogP contribution in [0.4, 0.5) is 5.13 Å². The SMILES string of the molecule is CC(C)CCNC(=O)c1csc(NC(=O)CCc2ccccc2)n1. The minimum Gasteiger partial charge on any atom is -0.351 e. The summed E-state index contributed by atoms with van der Waals surface area (Å²) >= 11 is 1.26. The van der Waals surface area contributed by atoms with Gasteiger partial charge in [-0.15, -0.1) is 11.3 Å². The van der Waals surface area contributed by atoms with E-state index in [-0.39, 0.29) is 11.8 Å². The van der Waals surface area contributed by atoms with E-state index in [1.54, 1.807) is 5.38 Å². The average molecular weight is 345 g/mol. The molecule has 0 spiro atoms. The van der Waals surface area contributed by atoms with Crippen LogP contribution >= 0.6 is 11.3 Å². The number of hydrogen-bond acceptors (Lipinski definition) is 4. The van der Waals surface area contributed by atoms with E-state index >= 15 is 0 Å². The molecule has 2 aromatic rings. The molecule has 0 saturated carbocycles. The van der Waals surface area contributed by atoms with Crippen molar-refractivity contribution >= 4 is 28.3 Å². The number of aromatic nitrogens is 1. The molecule has 6 heteroatoms. The van der Waals surface area contributed by atoms with Gasteiger partial charge in [-0.25, -0.2) is 4.98 Å². The highest BCUT2D eigenvalue weighted by atomic mass is 32.1. The molecule has 0 atom stereocenters. The van der Waals surface area contributed by atoms with E-state index in [1.807, 2.05) is 30.3 Å². The van der Waals surface area contributed by atoms with Gasteiger partial charge in [-0.1, -0.05) is 44.2 Å². The summed E-state index contributed by atoms with van der Waals surface area (Å²) in [6.45, 7) is 4.85. The zero-order valence-electron chi connectivity index (χ0n) is 14.0. The number of amides is 2. The molecule has 0 saturated heterocycles. The standard InChI is InChI=1S/C18H23N3O2S/c1-13(2)10-11-19-17(23)15-12-24-18(20-15)21-16(22)9-8-14-6-4-3-5-7-14/h3-7,12-13H,8-11H2,1-2H3,(H,19,23)(H,20,21,22). The van der Waals surface area contributed by atoms with Crippen molar-refractivity contribution in [2.24, 2.45) is 5.92 Å². The Balaban J connectivity index is 1.78. The molecule has 2 amide bonds. The minimum atomic E-state index is -0.198. The van der Waals surface area contributed by atoms with Crippen LogP contribution < -0.4 is 10.6 Å². The normalized spacial score (nSPS) is 10.6. The lowest BCUT2D eigenvalue weighted by atomic mass is 10.1.